The molecule has 0 radical (unpaired) electrons. The minimum absolute atomic E-state index is 0.0315. The van der Waals surface area contributed by atoms with Gasteiger partial charge in [-0.2, -0.15) is 0 Å². The highest BCUT2D eigenvalue weighted by atomic mass is 19.1. The van der Waals surface area contributed by atoms with Gasteiger partial charge in [0.15, 0.2) is 11.4 Å². The smallest absolute Gasteiger partial charge is 0.275 e. The average Bonchev–Trinajstić information content (AvgIpc) is 3.18. The van der Waals surface area contributed by atoms with Crippen LogP contribution in [0.15, 0.2) is 29.2 Å². The molecular weight excluding hydrogens is 412 g/mol. The fraction of sp³-hybridized carbons (Fsp3) is 0.381. The zero-order valence-electron chi connectivity index (χ0n) is 16.9. The Balaban J connectivity index is 1.69. The van der Waals surface area contributed by atoms with Crippen LogP contribution in [-0.2, 0) is 11.3 Å². The maximum absolute atomic E-state index is 13.8. The van der Waals surface area contributed by atoms with E-state index in [1.54, 1.807) is 4.90 Å². The Labute approximate surface area is 176 Å². The second-order valence-corrected chi connectivity index (χ2v) is 7.87. The molecule has 0 saturated carbocycles. The lowest BCUT2D eigenvalue weighted by Gasteiger charge is -2.41. The Morgan fingerprint density at radius 1 is 1.26 bits per heavy atom. The van der Waals surface area contributed by atoms with Crippen LogP contribution < -0.4 is 10.7 Å². The molecule has 2 aliphatic rings. The molecule has 0 bridgehead atoms. The maximum Gasteiger partial charge on any atom is 0.275 e. The highest BCUT2D eigenvalue weighted by Gasteiger charge is 2.46. The van der Waals surface area contributed by atoms with Gasteiger partial charge in [0, 0.05) is 30.4 Å². The number of hydrogen-bond acceptors (Lipinski definition) is 5. The Hall–Kier alpha value is -3.27. The summed E-state index contributed by atoms with van der Waals surface area (Å²) in [5, 5.41) is 12.9. The number of rotatable bonds is 4. The topological polar surface area (TPSA) is 101 Å². The number of nitrogens with zero attached hydrogens (tertiary/aromatic N) is 2. The molecule has 8 nitrogen and oxygen atoms in total. The van der Waals surface area contributed by atoms with E-state index in [2.05, 4.69) is 5.32 Å². The summed E-state index contributed by atoms with van der Waals surface area (Å²) < 4.78 is 33.8. The van der Waals surface area contributed by atoms with Crippen LogP contribution >= 0.6 is 0 Å². The normalized spacial score (nSPS) is 20.0. The number of halogens is 2. The summed E-state index contributed by atoms with van der Waals surface area (Å²) in [5.74, 6) is -3.78. The van der Waals surface area contributed by atoms with E-state index in [0.717, 1.165) is 6.07 Å². The van der Waals surface area contributed by atoms with Crippen LogP contribution in [0.4, 0.5) is 8.78 Å². The molecule has 2 N–H and O–H groups in total. The van der Waals surface area contributed by atoms with Gasteiger partial charge in [0.1, 0.15) is 17.2 Å². The summed E-state index contributed by atoms with van der Waals surface area (Å²) >= 11 is 0. The van der Waals surface area contributed by atoms with Gasteiger partial charge in [0.25, 0.3) is 11.8 Å². The van der Waals surface area contributed by atoms with Crippen molar-refractivity contribution in [2.24, 2.45) is 0 Å². The number of carbonyl (C=O) groups excluding carboxylic acids is 2. The largest absolute Gasteiger partial charge is 0.503 e. The number of aromatic nitrogens is 1. The first-order valence-corrected chi connectivity index (χ1v) is 9.81. The summed E-state index contributed by atoms with van der Waals surface area (Å²) in [7, 11) is 0. The lowest BCUT2D eigenvalue weighted by atomic mass is 10.0. The molecule has 31 heavy (non-hydrogen) atoms. The van der Waals surface area contributed by atoms with Crippen LogP contribution in [0.3, 0.4) is 0 Å². The third-order valence-electron chi connectivity index (χ3n) is 5.64. The highest BCUT2D eigenvalue weighted by Crippen LogP contribution is 2.35. The standard InChI is InChI=1S/C21H21F2N3O5/c1-10(2)26-16-9-31-8-15(16)25-7-13(18(27)19(28)17(25)21(26)30)20(29)24-6-11-3-4-12(22)5-14(11)23/h3-5,7,10,15-16,28H,6,8-9H2,1-2H3,(H,24,29). The number of fused-ring (bicyclic) bond motifs is 3. The molecule has 4 rings (SSSR count). The van der Waals surface area contributed by atoms with Crippen molar-refractivity contribution in [3.8, 4) is 5.75 Å². The van der Waals surface area contributed by atoms with Crippen molar-refractivity contribution in [1.82, 2.24) is 14.8 Å². The van der Waals surface area contributed by atoms with Gasteiger partial charge in [0.05, 0.1) is 25.3 Å². The average molecular weight is 433 g/mol. The predicted octanol–water partition coefficient (Wildman–Crippen LogP) is 1.57. The second kappa shape index (κ2) is 7.77. The van der Waals surface area contributed by atoms with Gasteiger partial charge in [-0.05, 0) is 19.9 Å². The van der Waals surface area contributed by atoms with E-state index >= 15 is 0 Å². The van der Waals surface area contributed by atoms with E-state index in [9.17, 15) is 28.3 Å². The predicted molar refractivity (Wildman–Crippen MR) is 105 cm³/mol. The zero-order valence-corrected chi connectivity index (χ0v) is 16.9. The third kappa shape index (κ3) is 3.46. The van der Waals surface area contributed by atoms with Gasteiger partial charge in [-0.15, -0.1) is 0 Å². The molecular formula is C21H21F2N3O5. The van der Waals surface area contributed by atoms with E-state index in [1.807, 2.05) is 13.8 Å². The minimum Gasteiger partial charge on any atom is -0.503 e. The van der Waals surface area contributed by atoms with Gasteiger partial charge in [-0.3, -0.25) is 14.4 Å². The Morgan fingerprint density at radius 2 is 1.97 bits per heavy atom. The zero-order chi connectivity index (χ0) is 22.4. The van der Waals surface area contributed by atoms with Crippen molar-refractivity contribution >= 4 is 11.8 Å². The van der Waals surface area contributed by atoms with Gasteiger partial charge in [-0.25, -0.2) is 8.78 Å². The fourth-order valence-corrected chi connectivity index (χ4v) is 4.14. The molecule has 1 aromatic heterocycles. The Kier molecular flexibility index (Phi) is 5.26. The van der Waals surface area contributed by atoms with Crippen molar-refractivity contribution in [2.75, 3.05) is 13.2 Å². The molecule has 164 valence electrons. The van der Waals surface area contributed by atoms with Gasteiger partial charge < -0.3 is 24.6 Å². The Morgan fingerprint density at radius 3 is 2.65 bits per heavy atom. The van der Waals surface area contributed by atoms with Crippen LogP contribution in [0.1, 0.15) is 46.3 Å². The summed E-state index contributed by atoms with van der Waals surface area (Å²) in [6.07, 6.45) is 1.23. The molecule has 2 atom stereocenters. The monoisotopic (exact) mass is 433 g/mol. The van der Waals surface area contributed by atoms with E-state index in [-0.39, 0.29) is 48.1 Å². The molecule has 2 unspecified atom stereocenters. The van der Waals surface area contributed by atoms with Crippen molar-refractivity contribution in [3.05, 3.63) is 63.1 Å². The number of amides is 2. The molecule has 0 spiro atoms. The maximum atomic E-state index is 13.8. The Bertz CT molecular complexity index is 1130. The van der Waals surface area contributed by atoms with Crippen molar-refractivity contribution < 1.29 is 28.2 Å². The summed E-state index contributed by atoms with van der Waals surface area (Å²) in [6.45, 7) is 3.91. The number of hydrogen-bond donors (Lipinski definition) is 2. The van der Waals surface area contributed by atoms with E-state index < -0.39 is 34.6 Å². The van der Waals surface area contributed by atoms with E-state index in [0.29, 0.717) is 12.7 Å². The summed E-state index contributed by atoms with van der Waals surface area (Å²) in [5.41, 5.74) is -1.55. The molecule has 1 aromatic carbocycles. The van der Waals surface area contributed by atoms with Crippen LogP contribution in [0.2, 0.25) is 0 Å². The minimum atomic E-state index is -1.00. The van der Waals surface area contributed by atoms with Gasteiger partial charge >= 0.3 is 0 Å². The van der Waals surface area contributed by atoms with Crippen LogP contribution in [0.25, 0.3) is 0 Å². The van der Waals surface area contributed by atoms with Gasteiger partial charge in [-0.1, -0.05) is 6.07 Å². The number of nitrogens with one attached hydrogen (secondary N) is 1. The second-order valence-electron chi connectivity index (χ2n) is 7.87. The molecule has 1 saturated heterocycles. The van der Waals surface area contributed by atoms with E-state index in [1.165, 1.54) is 16.8 Å². The first-order chi connectivity index (χ1) is 14.7. The van der Waals surface area contributed by atoms with Crippen LogP contribution in [0, 0.1) is 11.6 Å². The first-order valence-electron chi connectivity index (χ1n) is 9.81. The number of pyridine rings is 1. The molecule has 0 aliphatic carbocycles. The van der Waals surface area contributed by atoms with E-state index in [4.69, 9.17) is 4.74 Å². The summed E-state index contributed by atoms with van der Waals surface area (Å²) in [6, 6.07) is 2.07. The lowest BCUT2D eigenvalue weighted by Crippen LogP contribution is -2.54. The molecule has 2 amide bonds. The highest BCUT2D eigenvalue weighted by molar-refractivity contribution is 5.99. The molecule has 2 aromatic rings. The summed E-state index contributed by atoms with van der Waals surface area (Å²) in [4.78, 5) is 39.9. The van der Waals surface area contributed by atoms with Crippen molar-refractivity contribution in [2.45, 2.75) is 38.5 Å². The van der Waals surface area contributed by atoms with Crippen molar-refractivity contribution in [3.63, 3.8) is 0 Å². The van der Waals surface area contributed by atoms with Crippen LogP contribution in [0.5, 0.6) is 5.75 Å². The number of benzene rings is 1. The number of aromatic hydroxyl groups is 1. The van der Waals surface area contributed by atoms with Gasteiger partial charge in [0.2, 0.25) is 5.43 Å². The number of carbonyl (C=O) groups is 2. The SMILES string of the molecule is CC(C)N1C(=O)c2c(O)c(=O)c(C(=O)NCc3ccc(F)cc3F)cn2C2COCC21. The molecule has 10 heteroatoms. The van der Waals surface area contributed by atoms with Crippen molar-refractivity contribution in [1.29, 1.82) is 0 Å². The first kappa shape index (κ1) is 21.0. The molecule has 3 heterocycles. The number of ether oxygens (including phenoxy) is 1. The van der Waals surface area contributed by atoms with Crippen LogP contribution in [-0.4, -0.2) is 51.7 Å². The quantitative estimate of drug-likeness (QED) is 0.762. The molecule has 2 aliphatic heterocycles. The fourth-order valence-electron chi connectivity index (χ4n) is 4.14. The molecule has 1 fully saturated rings. The third-order valence-corrected chi connectivity index (χ3v) is 5.64. The lowest BCUT2D eigenvalue weighted by molar-refractivity contribution is 0.0470.